The summed E-state index contributed by atoms with van der Waals surface area (Å²) in [4.78, 5) is 12.1. The Morgan fingerprint density at radius 1 is 1.05 bits per heavy atom. The van der Waals surface area contributed by atoms with Crippen LogP contribution in [-0.2, 0) is 0 Å². The molecule has 0 spiro atoms. The number of nitrogen functional groups attached to an aromatic ring is 2. The van der Waals surface area contributed by atoms with Gasteiger partial charge in [0.1, 0.15) is 0 Å². The SMILES string of the molecule is CC(C)C(CNC(=O)c1cc(N)cc(N)c1)C(C)C. The number of carbonyl (C=O) groups is 1. The van der Waals surface area contributed by atoms with Crippen molar-refractivity contribution < 1.29 is 4.79 Å². The van der Waals surface area contributed by atoms with E-state index in [-0.39, 0.29) is 5.91 Å². The lowest BCUT2D eigenvalue weighted by Crippen LogP contribution is -2.34. The van der Waals surface area contributed by atoms with Gasteiger partial charge in [-0.05, 0) is 36.0 Å². The first-order valence-corrected chi connectivity index (χ1v) is 6.75. The van der Waals surface area contributed by atoms with Crippen LogP contribution in [0.25, 0.3) is 0 Å². The van der Waals surface area contributed by atoms with Crippen molar-refractivity contribution in [3.05, 3.63) is 23.8 Å². The van der Waals surface area contributed by atoms with E-state index in [4.69, 9.17) is 11.5 Å². The molecule has 0 fully saturated rings. The van der Waals surface area contributed by atoms with Gasteiger partial charge in [-0.25, -0.2) is 0 Å². The summed E-state index contributed by atoms with van der Waals surface area (Å²) in [7, 11) is 0. The largest absolute Gasteiger partial charge is 0.399 e. The average Bonchev–Trinajstić information content (AvgIpc) is 2.26. The first-order chi connectivity index (χ1) is 8.81. The van der Waals surface area contributed by atoms with Crippen LogP contribution >= 0.6 is 0 Å². The maximum atomic E-state index is 12.1. The summed E-state index contributed by atoms with van der Waals surface area (Å²) in [6, 6.07) is 4.93. The molecule has 0 aliphatic heterocycles. The number of nitrogens with one attached hydrogen (secondary N) is 1. The maximum absolute atomic E-state index is 12.1. The Morgan fingerprint density at radius 2 is 1.53 bits per heavy atom. The summed E-state index contributed by atoms with van der Waals surface area (Å²) in [5.74, 6) is 1.41. The smallest absolute Gasteiger partial charge is 0.251 e. The molecule has 0 aromatic heterocycles. The molecule has 0 saturated heterocycles. The highest BCUT2D eigenvalue weighted by molar-refractivity contribution is 5.96. The fraction of sp³-hybridized carbons (Fsp3) is 0.533. The monoisotopic (exact) mass is 263 g/mol. The Bertz CT molecular complexity index is 413. The molecule has 19 heavy (non-hydrogen) atoms. The lowest BCUT2D eigenvalue weighted by atomic mass is 9.85. The van der Waals surface area contributed by atoms with E-state index in [2.05, 4.69) is 33.0 Å². The van der Waals surface area contributed by atoms with E-state index < -0.39 is 0 Å². The standard InChI is InChI=1S/C15H25N3O/c1-9(2)14(10(3)4)8-18-15(19)11-5-12(16)7-13(17)6-11/h5-7,9-10,14H,8,16-17H2,1-4H3,(H,18,19). The molecule has 0 bridgehead atoms. The molecule has 0 heterocycles. The van der Waals surface area contributed by atoms with Crippen LogP contribution in [0.15, 0.2) is 18.2 Å². The number of rotatable bonds is 5. The zero-order chi connectivity index (χ0) is 14.6. The topological polar surface area (TPSA) is 81.1 Å². The second-order valence-corrected chi connectivity index (χ2v) is 5.75. The Balaban J connectivity index is 2.69. The van der Waals surface area contributed by atoms with Crippen molar-refractivity contribution in [2.75, 3.05) is 18.0 Å². The number of benzene rings is 1. The van der Waals surface area contributed by atoms with Crippen LogP contribution < -0.4 is 16.8 Å². The second-order valence-electron chi connectivity index (χ2n) is 5.75. The highest BCUT2D eigenvalue weighted by atomic mass is 16.1. The minimum absolute atomic E-state index is 0.120. The zero-order valence-electron chi connectivity index (χ0n) is 12.2. The van der Waals surface area contributed by atoms with Gasteiger partial charge in [-0.15, -0.1) is 0 Å². The van der Waals surface area contributed by atoms with E-state index in [0.717, 1.165) is 0 Å². The van der Waals surface area contributed by atoms with Crippen LogP contribution in [0, 0.1) is 17.8 Å². The van der Waals surface area contributed by atoms with Gasteiger partial charge in [0.2, 0.25) is 0 Å². The van der Waals surface area contributed by atoms with Gasteiger partial charge in [-0.2, -0.15) is 0 Å². The van der Waals surface area contributed by atoms with Gasteiger partial charge in [-0.3, -0.25) is 4.79 Å². The molecule has 0 aliphatic carbocycles. The highest BCUT2D eigenvalue weighted by Crippen LogP contribution is 2.20. The molecule has 1 aromatic rings. The summed E-state index contributed by atoms with van der Waals surface area (Å²) >= 11 is 0. The van der Waals surface area contributed by atoms with Crippen LogP contribution in [0.3, 0.4) is 0 Å². The Kier molecular flexibility index (Phi) is 5.21. The predicted molar refractivity (Wildman–Crippen MR) is 80.8 cm³/mol. The molecular formula is C15H25N3O. The third-order valence-corrected chi connectivity index (χ3v) is 3.45. The van der Waals surface area contributed by atoms with Gasteiger partial charge in [0.25, 0.3) is 5.91 Å². The molecule has 0 aliphatic rings. The van der Waals surface area contributed by atoms with Crippen molar-refractivity contribution in [2.24, 2.45) is 17.8 Å². The number of anilines is 2. The first-order valence-electron chi connectivity index (χ1n) is 6.75. The number of nitrogens with two attached hydrogens (primary N) is 2. The summed E-state index contributed by atoms with van der Waals surface area (Å²) in [6.07, 6.45) is 0. The van der Waals surface area contributed by atoms with Crippen LogP contribution in [0.5, 0.6) is 0 Å². The number of carbonyl (C=O) groups excluding carboxylic acids is 1. The third-order valence-electron chi connectivity index (χ3n) is 3.45. The molecule has 1 amide bonds. The number of amides is 1. The highest BCUT2D eigenvalue weighted by Gasteiger charge is 2.18. The van der Waals surface area contributed by atoms with E-state index in [0.29, 0.717) is 41.2 Å². The lowest BCUT2D eigenvalue weighted by Gasteiger charge is -2.25. The summed E-state index contributed by atoms with van der Waals surface area (Å²) < 4.78 is 0. The van der Waals surface area contributed by atoms with E-state index >= 15 is 0 Å². The minimum Gasteiger partial charge on any atom is -0.399 e. The van der Waals surface area contributed by atoms with Crippen molar-refractivity contribution in [1.82, 2.24) is 5.32 Å². The first kappa shape index (κ1) is 15.3. The molecule has 5 N–H and O–H groups in total. The molecule has 106 valence electrons. The average molecular weight is 263 g/mol. The van der Waals surface area contributed by atoms with Gasteiger partial charge in [-0.1, -0.05) is 27.7 Å². The van der Waals surface area contributed by atoms with Crippen LogP contribution in [-0.4, -0.2) is 12.5 Å². The van der Waals surface area contributed by atoms with Crippen molar-refractivity contribution in [3.63, 3.8) is 0 Å². The normalized spacial score (nSPS) is 11.3. The minimum atomic E-state index is -0.120. The molecule has 0 radical (unpaired) electrons. The summed E-state index contributed by atoms with van der Waals surface area (Å²) in [5, 5.41) is 2.97. The van der Waals surface area contributed by atoms with Crippen molar-refractivity contribution in [3.8, 4) is 0 Å². The van der Waals surface area contributed by atoms with E-state index in [1.807, 2.05) is 0 Å². The van der Waals surface area contributed by atoms with E-state index in [1.165, 1.54) is 0 Å². The zero-order valence-corrected chi connectivity index (χ0v) is 12.2. The lowest BCUT2D eigenvalue weighted by molar-refractivity contribution is 0.0937. The fourth-order valence-corrected chi connectivity index (χ4v) is 2.36. The molecule has 0 unspecified atom stereocenters. The maximum Gasteiger partial charge on any atom is 0.251 e. The van der Waals surface area contributed by atoms with Gasteiger partial charge in [0.15, 0.2) is 0 Å². The van der Waals surface area contributed by atoms with Gasteiger partial charge in [0, 0.05) is 23.5 Å². The van der Waals surface area contributed by atoms with Crippen LogP contribution in [0.4, 0.5) is 11.4 Å². The summed E-state index contributed by atoms with van der Waals surface area (Å²) in [6.45, 7) is 9.37. The summed E-state index contributed by atoms with van der Waals surface area (Å²) in [5.41, 5.74) is 12.9. The van der Waals surface area contributed by atoms with Crippen molar-refractivity contribution in [1.29, 1.82) is 0 Å². The van der Waals surface area contributed by atoms with E-state index in [9.17, 15) is 4.79 Å². The van der Waals surface area contributed by atoms with Crippen LogP contribution in [0.1, 0.15) is 38.1 Å². The van der Waals surface area contributed by atoms with Crippen LogP contribution in [0.2, 0.25) is 0 Å². The van der Waals surface area contributed by atoms with Gasteiger partial charge >= 0.3 is 0 Å². The Labute approximate surface area is 115 Å². The predicted octanol–water partition coefficient (Wildman–Crippen LogP) is 2.51. The van der Waals surface area contributed by atoms with E-state index in [1.54, 1.807) is 18.2 Å². The second kappa shape index (κ2) is 6.45. The van der Waals surface area contributed by atoms with Crippen molar-refractivity contribution >= 4 is 17.3 Å². The van der Waals surface area contributed by atoms with Crippen molar-refractivity contribution in [2.45, 2.75) is 27.7 Å². The molecule has 4 nitrogen and oxygen atoms in total. The Morgan fingerprint density at radius 3 is 1.95 bits per heavy atom. The Hall–Kier alpha value is -1.71. The molecule has 0 saturated carbocycles. The third kappa shape index (κ3) is 4.47. The molecule has 1 rings (SSSR count). The molecule has 0 atom stereocenters. The quantitative estimate of drug-likeness (QED) is 0.714. The fourth-order valence-electron chi connectivity index (χ4n) is 2.36. The number of hydrogen-bond donors (Lipinski definition) is 3. The molecular weight excluding hydrogens is 238 g/mol. The van der Waals surface area contributed by atoms with Gasteiger partial charge in [0.05, 0.1) is 0 Å². The van der Waals surface area contributed by atoms with Gasteiger partial charge < -0.3 is 16.8 Å². The molecule has 1 aromatic carbocycles. The molecule has 4 heteroatoms. The number of hydrogen-bond acceptors (Lipinski definition) is 3.